The van der Waals surface area contributed by atoms with Crippen LogP contribution in [0.25, 0.3) is 0 Å². The van der Waals surface area contributed by atoms with Gasteiger partial charge in [0.25, 0.3) is 0 Å². The van der Waals surface area contributed by atoms with E-state index in [1.807, 2.05) is 0 Å². The van der Waals surface area contributed by atoms with E-state index in [4.69, 9.17) is 4.74 Å². The van der Waals surface area contributed by atoms with Crippen molar-refractivity contribution in [2.75, 3.05) is 7.11 Å². The van der Waals surface area contributed by atoms with Gasteiger partial charge in [-0.2, -0.15) is 4.80 Å². The SMILES string of the molecule is COC1CCCC(O)(Cc2nnn(C)n2)C1. The minimum atomic E-state index is -0.734. The summed E-state index contributed by atoms with van der Waals surface area (Å²) >= 11 is 0. The fourth-order valence-electron chi connectivity index (χ4n) is 2.34. The molecule has 90 valence electrons. The minimum absolute atomic E-state index is 0.149. The maximum atomic E-state index is 10.4. The van der Waals surface area contributed by atoms with Crippen molar-refractivity contribution in [1.82, 2.24) is 20.2 Å². The maximum Gasteiger partial charge on any atom is 0.177 e. The third kappa shape index (κ3) is 2.56. The van der Waals surface area contributed by atoms with Gasteiger partial charge in [0.15, 0.2) is 5.82 Å². The van der Waals surface area contributed by atoms with Crippen LogP contribution in [0.2, 0.25) is 0 Å². The highest BCUT2D eigenvalue weighted by Gasteiger charge is 2.35. The van der Waals surface area contributed by atoms with Crippen molar-refractivity contribution >= 4 is 0 Å². The Morgan fingerprint density at radius 3 is 3.06 bits per heavy atom. The zero-order valence-corrected chi connectivity index (χ0v) is 9.76. The Morgan fingerprint density at radius 1 is 1.62 bits per heavy atom. The van der Waals surface area contributed by atoms with Crippen molar-refractivity contribution in [2.24, 2.45) is 7.05 Å². The molecule has 0 aromatic carbocycles. The van der Waals surface area contributed by atoms with Gasteiger partial charge in [0, 0.05) is 20.0 Å². The second-order valence-electron chi connectivity index (χ2n) is 4.55. The smallest absolute Gasteiger partial charge is 0.177 e. The number of hydrogen-bond acceptors (Lipinski definition) is 5. The normalized spacial score (nSPS) is 30.6. The van der Waals surface area contributed by atoms with E-state index in [1.54, 1.807) is 14.2 Å². The van der Waals surface area contributed by atoms with E-state index in [2.05, 4.69) is 15.4 Å². The number of aliphatic hydroxyl groups is 1. The number of ether oxygens (including phenoxy) is 1. The minimum Gasteiger partial charge on any atom is -0.389 e. The summed E-state index contributed by atoms with van der Waals surface area (Å²) in [5.41, 5.74) is -0.734. The maximum absolute atomic E-state index is 10.4. The molecule has 0 spiro atoms. The molecular weight excluding hydrogens is 208 g/mol. The average Bonchev–Trinajstić information content (AvgIpc) is 2.63. The molecule has 0 radical (unpaired) electrons. The molecule has 1 saturated carbocycles. The molecule has 1 heterocycles. The lowest BCUT2D eigenvalue weighted by atomic mass is 9.81. The molecular formula is C10H18N4O2. The molecule has 0 bridgehead atoms. The molecule has 1 aromatic heterocycles. The summed E-state index contributed by atoms with van der Waals surface area (Å²) in [6.45, 7) is 0. The first-order valence-electron chi connectivity index (χ1n) is 5.59. The monoisotopic (exact) mass is 226 g/mol. The molecule has 0 saturated heterocycles. The molecule has 1 aromatic rings. The van der Waals surface area contributed by atoms with Gasteiger partial charge in [-0.3, -0.25) is 0 Å². The van der Waals surface area contributed by atoms with Gasteiger partial charge < -0.3 is 9.84 Å². The highest BCUT2D eigenvalue weighted by molar-refractivity contribution is 4.95. The standard InChI is InChI=1S/C10H18N4O2/c1-14-12-9(11-13-14)7-10(15)5-3-4-8(6-10)16-2/h8,15H,3-7H2,1-2H3. The predicted molar refractivity (Wildman–Crippen MR) is 56.7 cm³/mol. The Balaban J connectivity index is 2.01. The molecule has 0 amide bonds. The van der Waals surface area contributed by atoms with Crippen molar-refractivity contribution in [3.8, 4) is 0 Å². The van der Waals surface area contributed by atoms with Gasteiger partial charge in [0.2, 0.25) is 0 Å². The van der Waals surface area contributed by atoms with E-state index in [0.717, 1.165) is 19.3 Å². The first-order valence-corrected chi connectivity index (χ1v) is 5.59. The lowest BCUT2D eigenvalue weighted by Crippen LogP contribution is -2.40. The van der Waals surface area contributed by atoms with E-state index < -0.39 is 5.60 Å². The Kier molecular flexibility index (Phi) is 3.20. The summed E-state index contributed by atoms with van der Waals surface area (Å²) in [7, 11) is 3.41. The molecule has 1 aliphatic rings. The third-order valence-corrected chi connectivity index (χ3v) is 3.15. The van der Waals surface area contributed by atoms with Crippen LogP contribution < -0.4 is 0 Å². The molecule has 16 heavy (non-hydrogen) atoms. The first kappa shape index (κ1) is 11.5. The van der Waals surface area contributed by atoms with E-state index >= 15 is 0 Å². The number of rotatable bonds is 3. The number of aryl methyl sites for hydroxylation is 1. The highest BCUT2D eigenvalue weighted by Crippen LogP contribution is 2.31. The number of tetrazole rings is 1. The van der Waals surface area contributed by atoms with Gasteiger partial charge >= 0.3 is 0 Å². The Labute approximate surface area is 94.6 Å². The quantitative estimate of drug-likeness (QED) is 0.789. The summed E-state index contributed by atoms with van der Waals surface area (Å²) in [6.07, 6.45) is 4.05. The molecule has 6 heteroatoms. The summed E-state index contributed by atoms with van der Waals surface area (Å²) in [5, 5.41) is 22.2. The van der Waals surface area contributed by atoms with Crippen molar-refractivity contribution in [2.45, 2.75) is 43.8 Å². The lowest BCUT2D eigenvalue weighted by molar-refractivity contribution is -0.0591. The molecule has 6 nitrogen and oxygen atoms in total. The van der Waals surface area contributed by atoms with Crippen molar-refractivity contribution < 1.29 is 9.84 Å². The van der Waals surface area contributed by atoms with Gasteiger partial charge in [0.05, 0.1) is 18.8 Å². The van der Waals surface area contributed by atoms with Gasteiger partial charge in [-0.1, -0.05) is 0 Å². The number of hydrogen-bond donors (Lipinski definition) is 1. The molecule has 0 aliphatic heterocycles. The van der Waals surface area contributed by atoms with Crippen molar-refractivity contribution in [3.05, 3.63) is 5.82 Å². The van der Waals surface area contributed by atoms with Crippen LogP contribution in [0.1, 0.15) is 31.5 Å². The second-order valence-corrected chi connectivity index (χ2v) is 4.55. The van der Waals surface area contributed by atoms with Crippen LogP contribution in [-0.4, -0.2) is 44.1 Å². The summed E-state index contributed by atoms with van der Waals surface area (Å²) < 4.78 is 5.31. The van der Waals surface area contributed by atoms with Gasteiger partial charge in [-0.05, 0) is 24.5 Å². The fraction of sp³-hybridized carbons (Fsp3) is 0.900. The second kappa shape index (κ2) is 4.47. The summed E-state index contributed by atoms with van der Waals surface area (Å²) in [5.74, 6) is 0.599. The Morgan fingerprint density at radius 2 is 2.44 bits per heavy atom. The van der Waals surface area contributed by atoms with E-state index in [9.17, 15) is 5.11 Å². The van der Waals surface area contributed by atoms with Gasteiger partial charge in [-0.25, -0.2) is 0 Å². The largest absolute Gasteiger partial charge is 0.389 e. The zero-order chi connectivity index (χ0) is 11.6. The van der Waals surface area contributed by atoms with Crippen LogP contribution in [0.15, 0.2) is 0 Å². The topological polar surface area (TPSA) is 73.1 Å². The fourth-order valence-corrected chi connectivity index (χ4v) is 2.34. The van der Waals surface area contributed by atoms with Crippen molar-refractivity contribution in [1.29, 1.82) is 0 Å². The average molecular weight is 226 g/mol. The van der Waals surface area contributed by atoms with Crippen LogP contribution in [0.4, 0.5) is 0 Å². The molecule has 1 fully saturated rings. The third-order valence-electron chi connectivity index (χ3n) is 3.15. The van der Waals surface area contributed by atoms with Crippen LogP contribution in [0.5, 0.6) is 0 Å². The Hall–Kier alpha value is -1.01. The molecule has 2 atom stereocenters. The molecule has 2 unspecified atom stereocenters. The van der Waals surface area contributed by atoms with Crippen molar-refractivity contribution in [3.63, 3.8) is 0 Å². The zero-order valence-electron chi connectivity index (χ0n) is 9.76. The summed E-state index contributed by atoms with van der Waals surface area (Å²) in [4.78, 5) is 1.41. The van der Waals surface area contributed by atoms with E-state index in [1.165, 1.54) is 4.80 Å². The summed E-state index contributed by atoms with van der Waals surface area (Å²) in [6, 6.07) is 0. The number of nitrogens with zero attached hydrogens (tertiary/aromatic N) is 4. The molecule has 1 N–H and O–H groups in total. The molecule has 1 aliphatic carbocycles. The molecule has 2 rings (SSSR count). The first-order chi connectivity index (χ1) is 7.61. The van der Waals surface area contributed by atoms with Crippen LogP contribution in [-0.2, 0) is 18.2 Å². The van der Waals surface area contributed by atoms with Gasteiger partial charge in [0.1, 0.15) is 0 Å². The highest BCUT2D eigenvalue weighted by atomic mass is 16.5. The van der Waals surface area contributed by atoms with Gasteiger partial charge in [-0.15, -0.1) is 10.2 Å². The van der Waals surface area contributed by atoms with E-state index in [0.29, 0.717) is 18.7 Å². The predicted octanol–water partition coefficient (Wildman–Crippen LogP) is 0.0727. The van der Waals surface area contributed by atoms with Crippen LogP contribution in [0.3, 0.4) is 0 Å². The number of aromatic nitrogens is 4. The van der Waals surface area contributed by atoms with E-state index in [-0.39, 0.29) is 6.10 Å². The number of methoxy groups -OCH3 is 1. The Bertz CT molecular complexity index is 354. The lowest BCUT2D eigenvalue weighted by Gasteiger charge is -2.35. The van der Waals surface area contributed by atoms with Crippen LogP contribution in [0, 0.1) is 0 Å². The van der Waals surface area contributed by atoms with Crippen LogP contribution >= 0.6 is 0 Å².